The topological polar surface area (TPSA) is 124 Å². The van der Waals surface area contributed by atoms with Crippen molar-refractivity contribution in [3.8, 4) is 33.8 Å². The van der Waals surface area contributed by atoms with E-state index < -0.39 is 35.9 Å². The quantitative estimate of drug-likeness (QED) is 0.104. The maximum Gasteiger partial charge on any atom is 0.387 e. The first-order valence-corrected chi connectivity index (χ1v) is 18.3. The van der Waals surface area contributed by atoms with Crippen molar-refractivity contribution in [3.05, 3.63) is 161 Å². The summed E-state index contributed by atoms with van der Waals surface area (Å²) < 4.78 is 104. The average Bonchev–Trinajstić information content (AvgIpc) is 3.87. The van der Waals surface area contributed by atoms with Gasteiger partial charge >= 0.3 is 25.3 Å². The molecule has 2 aliphatic heterocycles. The molecular formula is C43H33F6N7O4. The Labute approximate surface area is 338 Å². The van der Waals surface area contributed by atoms with Gasteiger partial charge in [0, 0.05) is 35.3 Å². The molecule has 0 saturated carbocycles. The van der Waals surface area contributed by atoms with Crippen molar-refractivity contribution in [2.45, 2.75) is 38.1 Å². The number of hydrogen-bond acceptors (Lipinski definition) is 11. The highest BCUT2D eigenvalue weighted by Crippen LogP contribution is 2.43. The number of benzene rings is 4. The summed E-state index contributed by atoms with van der Waals surface area (Å²) in [5, 5.41) is 0. The molecule has 0 saturated heterocycles. The fourth-order valence-electron chi connectivity index (χ4n) is 7.34. The van der Waals surface area contributed by atoms with E-state index in [-0.39, 0.29) is 47.9 Å². The maximum absolute atomic E-state index is 15.3. The first kappa shape index (κ1) is 39.6. The van der Waals surface area contributed by atoms with Crippen LogP contribution in [0.3, 0.4) is 0 Å². The zero-order valence-electron chi connectivity index (χ0n) is 31.7. The predicted molar refractivity (Wildman–Crippen MR) is 207 cm³/mol. The van der Waals surface area contributed by atoms with E-state index in [0.717, 1.165) is 23.4 Å². The first-order valence-electron chi connectivity index (χ1n) is 18.3. The molecule has 6 aromatic rings. The summed E-state index contributed by atoms with van der Waals surface area (Å²) in [5.74, 6) is -1.38. The van der Waals surface area contributed by atoms with Crippen molar-refractivity contribution in [3.63, 3.8) is 0 Å². The van der Waals surface area contributed by atoms with Crippen molar-refractivity contribution in [1.29, 1.82) is 0 Å². The summed E-state index contributed by atoms with van der Waals surface area (Å²) in [5.41, 5.74) is 8.25. The molecule has 0 bridgehead atoms. The molecule has 8 rings (SSSR count). The van der Waals surface area contributed by atoms with Crippen LogP contribution in [0.4, 0.5) is 26.3 Å². The lowest BCUT2D eigenvalue weighted by Crippen LogP contribution is -2.42. The Morgan fingerprint density at radius 2 is 1.28 bits per heavy atom. The van der Waals surface area contributed by atoms with Gasteiger partial charge in [0.25, 0.3) is 0 Å². The zero-order chi connectivity index (χ0) is 42.0. The smallest absolute Gasteiger partial charge is 0.387 e. The lowest BCUT2D eigenvalue weighted by Gasteiger charge is -2.27. The summed E-state index contributed by atoms with van der Waals surface area (Å²) in [6.07, 6.45) is 7.10. The van der Waals surface area contributed by atoms with Gasteiger partial charge < -0.3 is 18.9 Å². The van der Waals surface area contributed by atoms with Gasteiger partial charge in [-0.2, -0.15) is 17.6 Å². The molecular weight excluding hydrogens is 793 g/mol. The van der Waals surface area contributed by atoms with Crippen LogP contribution in [0.5, 0.6) is 11.5 Å². The Morgan fingerprint density at radius 1 is 0.617 bits per heavy atom. The van der Waals surface area contributed by atoms with Gasteiger partial charge in [0.15, 0.2) is 11.1 Å². The number of hydrogen-bond donors (Lipinski definition) is 2. The van der Waals surface area contributed by atoms with Crippen LogP contribution in [0.1, 0.15) is 33.4 Å². The van der Waals surface area contributed by atoms with Gasteiger partial charge in [-0.15, -0.1) is 0 Å². The molecule has 0 aliphatic carbocycles. The van der Waals surface area contributed by atoms with Crippen molar-refractivity contribution in [2.24, 2.45) is 9.98 Å². The van der Waals surface area contributed by atoms with Crippen molar-refractivity contribution >= 4 is 12.0 Å². The predicted octanol–water partition coefficient (Wildman–Crippen LogP) is 8.36. The Hall–Kier alpha value is -7.17. The summed E-state index contributed by atoms with van der Waals surface area (Å²) in [6.45, 7) is -2.88. The number of aliphatic imine (C=N–C) groups is 2. The van der Waals surface area contributed by atoms with Gasteiger partial charge in [-0.3, -0.25) is 4.98 Å². The minimum Gasteiger partial charge on any atom is -0.461 e. The molecule has 0 fully saturated rings. The number of alkyl halides is 4. The summed E-state index contributed by atoms with van der Waals surface area (Å²) in [6, 6.07) is 22.0. The Balaban J connectivity index is 1.16. The van der Waals surface area contributed by atoms with Crippen LogP contribution >= 0.6 is 0 Å². The van der Waals surface area contributed by atoms with Crippen LogP contribution in [0, 0.1) is 25.5 Å². The summed E-state index contributed by atoms with van der Waals surface area (Å²) >= 11 is 0. The molecule has 0 spiro atoms. The average molecular weight is 826 g/mol. The fraction of sp³-hybridized carbons (Fsp3) is 0.186. The zero-order valence-corrected chi connectivity index (χ0v) is 31.7. The number of nitrogens with zero attached hydrogens (tertiary/aromatic N) is 5. The van der Waals surface area contributed by atoms with Gasteiger partial charge in [0.05, 0.1) is 6.20 Å². The summed E-state index contributed by atoms with van der Waals surface area (Å²) in [4.78, 5) is 22.0. The lowest BCUT2D eigenvalue weighted by molar-refractivity contribution is -0.0508. The number of ether oxygens (including phenoxy) is 4. The van der Waals surface area contributed by atoms with Crippen molar-refractivity contribution < 1.29 is 45.3 Å². The van der Waals surface area contributed by atoms with E-state index in [1.165, 1.54) is 48.9 Å². The minimum atomic E-state index is -3.05. The second-order valence-electron chi connectivity index (χ2n) is 13.9. The van der Waals surface area contributed by atoms with Crippen LogP contribution in [0.15, 0.2) is 126 Å². The largest absolute Gasteiger partial charge is 0.461 e. The highest BCUT2D eigenvalue weighted by Gasteiger charge is 2.44. The van der Waals surface area contributed by atoms with E-state index in [0.29, 0.717) is 33.4 Å². The highest BCUT2D eigenvalue weighted by atomic mass is 19.3. The Kier molecular flexibility index (Phi) is 10.7. The number of halogens is 6. The van der Waals surface area contributed by atoms with Gasteiger partial charge in [0.2, 0.25) is 0 Å². The third-order valence-electron chi connectivity index (χ3n) is 10.1. The third-order valence-corrected chi connectivity index (χ3v) is 10.1. The number of aryl methyl sites for hydroxylation is 2. The van der Waals surface area contributed by atoms with Crippen LogP contribution in [-0.2, 0) is 20.6 Å². The molecule has 0 amide bonds. The molecule has 1 unspecified atom stereocenters. The molecule has 0 radical (unpaired) electrons. The van der Waals surface area contributed by atoms with E-state index >= 15 is 4.39 Å². The molecule has 2 aromatic heterocycles. The van der Waals surface area contributed by atoms with Gasteiger partial charge in [-0.1, -0.05) is 36.4 Å². The number of pyridine rings is 1. The van der Waals surface area contributed by atoms with Gasteiger partial charge in [-0.05, 0) is 101 Å². The molecule has 4 heterocycles. The lowest BCUT2D eigenvalue weighted by atomic mass is 9.81. The second kappa shape index (κ2) is 16.2. The number of hydrazine groups is 1. The molecule has 2 atom stereocenters. The molecule has 306 valence electrons. The number of rotatable bonds is 10. The first-order chi connectivity index (χ1) is 28.9. The van der Waals surface area contributed by atoms with E-state index in [1.807, 2.05) is 24.3 Å². The number of amidine groups is 2. The van der Waals surface area contributed by atoms with E-state index in [9.17, 15) is 22.0 Å². The molecule has 2 N–H and O–H groups in total. The van der Waals surface area contributed by atoms with Crippen molar-refractivity contribution in [2.75, 3.05) is 13.2 Å². The summed E-state index contributed by atoms with van der Waals surface area (Å²) in [7, 11) is 0. The minimum absolute atomic E-state index is 0.0154. The molecule has 4 aromatic carbocycles. The molecule has 11 nitrogen and oxygen atoms in total. The SMILES string of the molecule is Cc1cc(C2(c3ccc(F)c(-c4cncc(F)c4)c3)COC(NNC3=N[C@@](c4cccc(-c5cncnc5)c4)(c4ccc(OC(F)F)cc4C)CO3)=N2)ccc1OC(F)F. The van der Waals surface area contributed by atoms with Crippen LogP contribution in [0.25, 0.3) is 22.3 Å². The molecule has 60 heavy (non-hydrogen) atoms. The van der Waals surface area contributed by atoms with Crippen molar-refractivity contribution in [1.82, 2.24) is 25.8 Å². The molecule has 2 aliphatic rings. The normalized spacial score (nSPS) is 18.4. The van der Waals surface area contributed by atoms with E-state index in [1.54, 1.807) is 44.4 Å². The van der Waals surface area contributed by atoms with E-state index in [4.69, 9.17) is 19.5 Å². The maximum atomic E-state index is 15.3. The second-order valence-corrected chi connectivity index (χ2v) is 13.9. The Morgan fingerprint density at radius 3 is 1.98 bits per heavy atom. The monoisotopic (exact) mass is 825 g/mol. The van der Waals surface area contributed by atoms with E-state index in [2.05, 4.69) is 35.3 Å². The third kappa shape index (κ3) is 7.85. The van der Waals surface area contributed by atoms with Crippen LogP contribution in [0.2, 0.25) is 0 Å². The van der Waals surface area contributed by atoms with Crippen LogP contribution < -0.4 is 20.3 Å². The van der Waals surface area contributed by atoms with Gasteiger partial charge in [-0.25, -0.2) is 39.6 Å². The Bertz CT molecular complexity index is 2620. The van der Waals surface area contributed by atoms with Gasteiger partial charge in [0.1, 0.15) is 42.7 Å². The molecule has 17 heteroatoms. The fourth-order valence-corrected chi connectivity index (χ4v) is 7.34. The highest BCUT2D eigenvalue weighted by molar-refractivity contribution is 5.83. The number of aromatic nitrogens is 3. The van der Waals surface area contributed by atoms with Crippen LogP contribution in [-0.4, -0.2) is 53.4 Å². The number of nitrogens with one attached hydrogen (secondary N) is 2. The standard InChI is InChI=1S/C43H33F6N7O4/c1-24-13-33(59-38(46)47)8-9-35(24)43(29-5-3-4-26(14-29)28-18-51-23-52-19-28)22-58-41(54-43)56-55-40-53-42(21-57-40,30-7-11-37(25(2)12-30)60-39(48)49)31-6-10-36(45)34(16-31)27-15-32(44)20-50-17-27/h3-20,23,38-39H,21-22H2,1-2H3,(H,53,55)(H,54,56)/t42?,43-/m0/s1.